The highest BCUT2D eigenvalue weighted by atomic mass is 35.5. The van der Waals surface area contributed by atoms with Crippen LogP contribution in [0.4, 0.5) is 0 Å². The summed E-state index contributed by atoms with van der Waals surface area (Å²) in [4.78, 5) is 0.275. The van der Waals surface area contributed by atoms with Crippen LogP contribution in [-0.2, 0) is 10.0 Å². The Morgan fingerprint density at radius 1 is 1.05 bits per heavy atom. The molecular weight excluding hydrogens is 282 g/mol. The molecule has 0 aromatic heterocycles. The maximum absolute atomic E-state index is 12.0. The summed E-state index contributed by atoms with van der Waals surface area (Å²) in [6.45, 7) is 1.86. The molecule has 1 aliphatic heterocycles. The molecule has 0 spiro atoms. The van der Waals surface area contributed by atoms with Gasteiger partial charge in [0.1, 0.15) is 0 Å². The number of hydrogen-bond donors (Lipinski definition) is 0. The predicted octanol–water partition coefficient (Wildman–Crippen LogP) is 3.19. The predicted molar refractivity (Wildman–Crippen MR) is 75.5 cm³/mol. The molecule has 5 heteroatoms. The first-order valence-electron chi connectivity index (χ1n) is 5.69. The van der Waals surface area contributed by atoms with Crippen molar-refractivity contribution >= 4 is 27.3 Å². The average Bonchev–Trinajstić information content (AvgIpc) is 2.62. The number of rotatable bonds is 1. The second-order valence-corrected chi connectivity index (χ2v) is 6.43. The Hall–Kier alpha value is -1.65. The van der Waals surface area contributed by atoms with Crippen LogP contribution in [0.25, 0.3) is 0 Å². The standard InChI is InChI=1S/C14H10ClNO2S/c1-9-2-7-12-13(8-9)19(17,18)16-14(12)10-3-5-11(15)6-4-10/h2-8H,1H3. The highest BCUT2D eigenvalue weighted by Gasteiger charge is 2.29. The van der Waals surface area contributed by atoms with E-state index in [1.807, 2.05) is 13.0 Å². The second-order valence-electron chi connectivity index (χ2n) is 4.42. The third kappa shape index (κ3) is 2.07. The van der Waals surface area contributed by atoms with E-state index in [2.05, 4.69) is 4.40 Å². The lowest BCUT2D eigenvalue weighted by atomic mass is 10.0. The van der Waals surface area contributed by atoms with Gasteiger partial charge in [-0.2, -0.15) is 12.8 Å². The minimum Gasteiger partial charge on any atom is -0.199 e. The molecular formula is C14H10ClNO2S. The van der Waals surface area contributed by atoms with Gasteiger partial charge in [-0.1, -0.05) is 35.9 Å². The molecule has 0 N–H and O–H groups in total. The molecule has 1 heterocycles. The fourth-order valence-electron chi connectivity index (χ4n) is 2.07. The van der Waals surface area contributed by atoms with Crippen LogP contribution in [-0.4, -0.2) is 14.1 Å². The quantitative estimate of drug-likeness (QED) is 0.810. The Balaban J connectivity index is 2.23. The normalized spacial score (nSPS) is 16.0. The molecule has 3 rings (SSSR count). The molecule has 2 aromatic carbocycles. The van der Waals surface area contributed by atoms with E-state index in [0.29, 0.717) is 16.3 Å². The van der Waals surface area contributed by atoms with Crippen molar-refractivity contribution in [3.05, 3.63) is 64.2 Å². The Morgan fingerprint density at radius 2 is 1.74 bits per heavy atom. The van der Waals surface area contributed by atoms with Gasteiger partial charge in [-0.3, -0.25) is 0 Å². The minimum atomic E-state index is -3.58. The first-order valence-corrected chi connectivity index (χ1v) is 7.51. The largest absolute Gasteiger partial charge is 0.283 e. The number of nitrogens with zero attached hydrogens (tertiary/aromatic N) is 1. The highest BCUT2D eigenvalue weighted by Crippen LogP contribution is 2.30. The first-order chi connectivity index (χ1) is 8.97. The molecule has 0 radical (unpaired) electrons. The van der Waals surface area contributed by atoms with Gasteiger partial charge in [0, 0.05) is 16.1 Å². The molecule has 3 nitrogen and oxygen atoms in total. The molecule has 0 saturated carbocycles. The van der Waals surface area contributed by atoms with Crippen LogP contribution in [0, 0.1) is 6.92 Å². The number of benzene rings is 2. The van der Waals surface area contributed by atoms with Crippen molar-refractivity contribution in [1.29, 1.82) is 0 Å². The maximum Gasteiger partial charge on any atom is 0.283 e. The summed E-state index contributed by atoms with van der Waals surface area (Å²) in [5, 5.41) is 0.606. The number of hydrogen-bond acceptors (Lipinski definition) is 2. The van der Waals surface area contributed by atoms with E-state index < -0.39 is 10.0 Å². The van der Waals surface area contributed by atoms with E-state index in [9.17, 15) is 8.42 Å². The van der Waals surface area contributed by atoms with Gasteiger partial charge in [0.25, 0.3) is 10.0 Å². The van der Waals surface area contributed by atoms with Crippen molar-refractivity contribution in [3.63, 3.8) is 0 Å². The van der Waals surface area contributed by atoms with Gasteiger partial charge in [0.05, 0.1) is 10.6 Å². The van der Waals surface area contributed by atoms with Crippen LogP contribution in [0.15, 0.2) is 51.8 Å². The summed E-state index contributed by atoms with van der Waals surface area (Å²) >= 11 is 5.84. The van der Waals surface area contributed by atoms with Gasteiger partial charge in [0.15, 0.2) is 0 Å². The van der Waals surface area contributed by atoms with Crippen LogP contribution >= 0.6 is 11.6 Å². The Bertz CT molecular complexity index is 793. The zero-order valence-corrected chi connectivity index (χ0v) is 11.7. The van der Waals surface area contributed by atoms with Gasteiger partial charge in [-0.05, 0) is 30.7 Å². The molecule has 1 aliphatic rings. The molecule has 19 heavy (non-hydrogen) atoms. The fourth-order valence-corrected chi connectivity index (χ4v) is 3.52. The SMILES string of the molecule is Cc1ccc2c(c1)S(=O)(=O)N=C2c1ccc(Cl)cc1. The van der Waals surface area contributed by atoms with Crippen LogP contribution in [0.5, 0.6) is 0 Å². The van der Waals surface area contributed by atoms with Crippen LogP contribution < -0.4 is 0 Å². The molecule has 0 saturated heterocycles. The zero-order chi connectivity index (χ0) is 13.6. The maximum atomic E-state index is 12.0. The fraction of sp³-hybridized carbons (Fsp3) is 0.0714. The van der Waals surface area contributed by atoms with E-state index in [-0.39, 0.29) is 4.90 Å². The topological polar surface area (TPSA) is 46.5 Å². The lowest BCUT2D eigenvalue weighted by Crippen LogP contribution is -2.00. The molecule has 0 aliphatic carbocycles. The molecule has 2 aromatic rings. The number of fused-ring (bicyclic) bond motifs is 1. The van der Waals surface area contributed by atoms with Crippen molar-refractivity contribution in [1.82, 2.24) is 0 Å². The summed E-state index contributed by atoms with van der Waals surface area (Å²) in [7, 11) is -3.58. The van der Waals surface area contributed by atoms with Crippen molar-refractivity contribution in [2.24, 2.45) is 4.40 Å². The third-order valence-corrected chi connectivity index (χ3v) is 4.57. The summed E-state index contributed by atoms with van der Waals surface area (Å²) in [6, 6.07) is 12.3. The lowest BCUT2D eigenvalue weighted by molar-refractivity contribution is 0.599. The summed E-state index contributed by atoms with van der Waals surface area (Å²) < 4.78 is 28.0. The smallest absolute Gasteiger partial charge is 0.199 e. The molecule has 0 unspecified atom stereocenters. The van der Waals surface area contributed by atoms with Crippen LogP contribution in [0.2, 0.25) is 5.02 Å². The van der Waals surface area contributed by atoms with E-state index in [1.54, 1.807) is 36.4 Å². The summed E-state index contributed by atoms with van der Waals surface area (Å²) in [5.41, 5.74) is 2.77. The summed E-state index contributed by atoms with van der Waals surface area (Å²) in [6.07, 6.45) is 0. The second kappa shape index (κ2) is 4.18. The Labute approximate surface area is 116 Å². The number of sulfonamides is 1. The number of halogens is 1. The highest BCUT2D eigenvalue weighted by molar-refractivity contribution is 7.90. The summed E-state index contributed by atoms with van der Waals surface area (Å²) in [5.74, 6) is 0. The van der Waals surface area contributed by atoms with Crippen LogP contribution in [0.3, 0.4) is 0 Å². The van der Waals surface area contributed by atoms with Gasteiger partial charge in [-0.15, -0.1) is 0 Å². The molecule has 0 bridgehead atoms. The van der Waals surface area contributed by atoms with E-state index in [4.69, 9.17) is 11.6 Å². The molecule has 0 amide bonds. The van der Waals surface area contributed by atoms with Crippen LogP contribution in [0.1, 0.15) is 16.7 Å². The monoisotopic (exact) mass is 291 g/mol. The van der Waals surface area contributed by atoms with Crippen molar-refractivity contribution in [2.75, 3.05) is 0 Å². The molecule has 0 atom stereocenters. The van der Waals surface area contributed by atoms with E-state index >= 15 is 0 Å². The van der Waals surface area contributed by atoms with E-state index in [0.717, 1.165) is 11.1 Å². The molecule has 96 valence electrons. The third-order valence-electron chi connectivity index (χ3n) is 3.00. The average molecular weight is 292 g/mol. The molecule has 0 fully saturated rings. The van der Waals surface area contributed by atoms with Gasteiger partial charge in [0.2, 0.25) is 0 Å². The van der Waals surface area contributed by atoms with E-state index in [1.165, 1.54) is 0 Å². The van der Waals surface area contributed by atoms with Gasteiger partial charge < -0.3 is 0 Å². The van der Waals surface area contributed by atoms with Crippen molar-refractivity contribution < 1.29 is 8.42 Å². The Morgan fingerprint density at radius 3 is 2.42 bits per heavy atom. The Kier molecular flexibility index (Phi) is 2.73. The van der Waals surface area contributed by atoms with Gasteiger partial charge >= 0.3 is 0 Å². The lowest BCUT2D eigenvalue weighted by Gasteiger charge is -2.03. The van der Waals surface area contributed by atoms with Gasteiger partial charge in [-0.25, -0.2) is 0 Å². The van der Waals surface area contributed by atoms with Crippen molar-refractivity contribution in [2.45, 2.75) is 11.8 Å². The first kappa shape index (κ1) is 12.4. The van der Waals surface area contributed by atoms with Crippen molar-refractivity contribution in [3.8, 4) is 0 Å². The minimum absolute atomic E-state index is 0.275. The zero-order valence-electron chi connectivity index (χ0n) is 10.1. The number of aryl methyl sites for hydroxylation is 1.